The molecule has 0 saturated carbocycles. The van der Waals surface area contributed by atoms with Crippen molar-refractivity contribution in [2.24, 2.45) is 0 Å². The molecule has 0 radical (unpaired) electrons. The summed E-state index contributed by atoms with van der Waals surface area (Å²) in [5.74, 6) is 0. The van der Waals surface area contributed by atoms with Gasteiger partial charge in [0.05, 0.1) is 13.2 Å². The standard InChI is InChI=1S/C9H19NO.BrH/c1-2-3-4-5-10-6-8-11-9-7-10;/h2-9H2,1H3;1H. The molecular formula is C9H20BrNO. The molecule has 0 unspecified atom stereocenters. The summed E-state index contributed by atoms with van der Waals surface area (Å²) in [4.78, 5) is 2.50. The Morgan fingerprint density at radius 1 is 1.17 bits per heavy atom. The second-order valence-corrected chi connectivity index (χ2v) is 3.16. The zero-order valence-corrected chi connectivity index (χ0v) is 9.63. The van der Waals surface area contributed by atoms with E-state index in [-0.39, 0.29) is 17.0 Å². The minimum atomic E-state index is 0. The fourth-order valence-corrected chi connectivity index (χ4v) is 1.41. The molecule has 0 aliphatic carbocycles. The summed E-state index contributed by atoms with van der Waals surface area (Å²) in [5, 5.41) is 0. The third-order valence-corrected chi connectivity index (χ3v) is 2.18. The van der Waals surface area contributed by atoms with Crippen LogP contribution in [0.5, 0.6) is 0 Å². The van der Waals surface area contributed by atoms with Gasteiger partial charge in [-0.2, -0.15) is 0 Å². The normalized spacial score (nSPS) is 18.8. The first kappa shape index (κ1) is 12.4. The number of morpholine rings is 1. The van der Waals surface area contributed by atoms with Gasteiger partial charge in [0.2, 0.25) is 0 Å². The average molecular weight is 238 g/mol. The molecule has 0 spiro atoms. The smallest absolute Gasteiger partial charge is 0.0594 e. The van der Waals surface area contributed by atoms with Crippen molar-refractivity contribution in [2.45, 2.75) is 26.2 Å². The van der Waals surface area contributed by atoms with E-state index < -0.39 is 0 Å². The number of unbranched alkanes of at least 4 members (excludes halogenated alkanes) is 2. The van der Waals surface area contributed by atoms with E-state index in [1.807, 2.05) is 0 Å². The van der Waals surface area contributed by atoms with Crippen LogP contribution in [0.25, 0.3) is 0 Å². The van der Waals surface area contributed by atoms with Crippen LogP contribution >= 0.6 is 17.0 Å². The number of halogens is 1. The Morgan fingerprint density at radius 3 is 2.42 bits per heavy atom. The third kappa shape index (κ3) is 5.12. The Hall–Kier alpha value is 0.400. The first-order valence-electron chi connectivity index (χ1n) is 4.73. The Morgan fingerprint density at radius 2 is 1.83 bits per heavy atom. The number of hydrogen-bond acceptors (Lipinski definition) is 2. The van der Waals surface area contributed by atoms with Crippen molar-refractivity contribution >= 4 is 17.0 Å². The summed E-state index contributed by atoms with van der Waals surface area (Å²) in [6.07, 6.45) is 4.05. The molecule has 74 valence electrons. The third-order valence-electron chi connectivity index (χ3n) is 2.18. The van der Waals surface area contributed by atoms with Crippen LogP contribution in [0.3, 0.4) is 0 Å². The lowest BCUT2D eigenvalue weighted by Crippen LogP contribution is -2.36. The quantitative estimate of drug-likeness (QED) is 0.695. The fraction of sp³-hybridized carbons (Fsp3) is 1.00. The van der Waals surface area contributed by atoms with Gasteiger partial charge < -0.3 is 4.74 Å². The minimum Gasteiger partial charge on any atom is -0.379 e. The van der Waals surface area contributed by atoms with Crippen molar-refractivity contribution in [1.29, 1.82) is 0 Å². The van der Waals surface area contributed by atoms with E-state index in [0.29, 0.717) is 0 Å². The van der Waals surface area contributed by atoms with Gasteiger partial charge >= 0.3 is 0 Å². The molecule has 0 aromatic heterocycles. The largest absolute Gasteiger partial charge is 0.379 e. The number of hydrogen-bond donors (Lipinski definition) is 0. The predicted octanol–water partition coefficient (Wildman–Crippen LogP) is 2.09. The van der Waals surface area contributed by atoms with Gasteiger partial charge in [0, 0.05) is 13.1 Å². The Balaban J connectivity index is 0.00000121. The van der Waals surface area contributed by atoms with Gasteiger partial charge in [-0.1, -0.05) is 19.8 Å². The zero-order chi connectivity index (χ0) is 7.94. The van der Waals surface area contributed by atoms with Crippen molar-refractivity contribution in [3.8, 4) is 0 Å². The monoisotopic (exact) mass is 237 g/mol. The predicted molar refractivity (Wildman–Crippen MR) is 57.1 cm³/mol. The molecule has 3 heteroatoms. The molecule has 0 aromatic carbocycles. The van der Waals surface area contributed by atoms with E-state index in [0.717, 1.165) is 26.3 Å². The summed E-state index contributed by atoms with van der Waals surface area (Å²) in [6, 6.07) is 0. The molecule has 1 aliphatic rings. The highest BCUT2D eigenvalue weighted by molar-refractivity contribution is 8.93. The average Bonchev–Trinajstić information content (AvgIpc) is 2.07. The second-order valence-electron chi connectivity index (χ2n) is 3.16. The van der Waals surface area contributed by atoms with Gasteiger partial charge in [-0.05, 0) is 13.0 Å². The maximum absolute atomic E-state index is 5.26. The van der Waals surface area contributed by atoms with Gasteiger partial charge in [-0.3, -0.25) is 4.90 Å². The van der Waals surface area contributed by atoms with Crippen LogP contribution in [0.4, 0.5) is 0 Å². The maximum Gasteiger partial charge on any atom is 0.0594 e. The molecule has 0 bridgehead atoms. The van der Waals surface area contributed by atoms with Crippen LogP contribution in [-0.4, -0.2) is 37.7 Å². The summed E-state index contributed by atoms with van der Waals surface area (Å²) in [6.45, 7) is 7.68. The van der Waals surface area contributed by atoms with Crippen LogP contribution in [-0.2, 0) is 4.74 Å². The van der Waals surface area contributed by atoms with Crippen molar-refractivity contribution in [1.82, 2.24) is 4.90 Å². The van der Waals surface area contributed by atoms with Crippen LogP contribution in [0.15, 0.2) is 0 Å². The topological polar surface area (TPSA) is 12.5 Å². The second kappa shape index (κ2) is 8.02. The molecule has 1 saturated heterocycles. The first-order chi connectivity index (χ1) is 5.43. The molecule has 0 N–H and O–H groups in total. The minimum absolute atomic E-state index is 0. The van der Waals surface area contributed by atoms with Crippen LogP contribution in [0.2, 0.25) is 0 Å². The van der Waals surface area contributed by atoms with Crippen molar-refractivity contribution < 1.29 is 4.74 Å². The highest BCUT2D eigenvalue weighted by Crippen LogP contribution is 2.01. The maximum atomic E-state index is 5.26. The SMILES string of the molecule is Br.CCCCCN1CCOCC1. The van der Waals surface area contributed by atoms with E-state index in [2.05, 4.69) is 11.8 Å². The van der Waals surface area contributed by atoms with Gasteiger partial charge in [0.1, 0.15) is 0 Å². The van der Waals surface area contributed by atoms with E-state index in [9.17, 15) is 0 Å². The molecule has 12 heavy (non-hydrogen) atoms. The molecule has 2 nitrogen and oxygen atoms in total. The zero-order valence-electron chi connectivity index (χ0n) is 7.92. The van der Waals surface area contributed by atoms with Gasteiger partial charge in [0.25, 0.3) is 0 Å². The number of ether oxygens (including phenoxy) is 1. The number of nitrogens with zero attached hydrogens (tertiary/aromatic N) is 1. The Bertz CT molecular complexity index is 94.5. The Kier molecular flexibility index (Phi) is 8.29. The van der Waals surface area contributed by atoms with Crippen LogP contribution in [0, 0.1) is 0 Å². The molecule has 0 amide bonds. The highest BCUT2D eigenvalue weighted by Gasteiger charge is 2.08. The summed E-state index contributed by atoms with van der Waals surface area (Å²) >= 11 is 0. The van der Waals surface area contributed by atoms with Gasteiger partial charge in [-0.25, -0.2) is 0 Å². The van der Waals surface area contributed by atoms with Gasteiger partial charge in [-0.15, -0.1) is 17.0 Å². The van der Waals surface area contributed by atoms with E-state index in [4.69, 9.17) is 4.74 Å². The lowest BCUT2D eigenvalue weighted by molar-refractivity contribution is 0.0372. The fourth-order valence-electron chi connectivity index (χ4n) is 1.41. The molecule has 1 heterocycles. The first-order valence-corrected chi connectivity index (χ1v) is 4.73. The van der Waals surface area contributed by atoms with E-state index in [1.165, 1.54) is 25.8 Å². The molecule has 1 fully saturated rings. The highest BCUT2D eigenvalue weighted by atomic mass is 79.9. The van der Waals surface area contributed by atoms with Crippen molar-refractivity contribution in [2.75, 3.05) is 32.8 Å². The van der Waals surface area contributed by atoms with E-state index >= 15 is 0 Å². The van der Waals surface area contributed by atoms with E-state index in [1.54, 1.807) is 0 Å². The summed E-state index contributed by atoms with van der Waals surface area (Å²) in [7, 11) is 0. The van der Waals surface area contributed by atoms with Crippen molar-refractivity contribution in [3.05, 3.63) is 0 Å². The summed E-state index contributed by atoms with van der Waals surface area (Å²) < 4.78 is 5.26. The lowest BCUT2D eigenvalue weighted by atomic mass is 10.2. The molecule has 1 aliphatic heterocycles. The molecule has 0 atom stereocenters. The summed E-state index contributed by atoms with van der Waals surface area (Å²) in [5.41, 5.74) is 0. The molecule has 0 aromatic rings. The molecular weight excluding hydrogens is 218 g/mol. The molecule has 1 rings (SSSR count). The lowest BCUT2D eigenvalue weighted by Gasteiger charge is -2.26. The van der Waals surface area contributed by atoms with Crippen LogP contribution in [0.1, 0.15) is 26.2 Å². The van der Waals surface area contributed by atoms with Gasteiger partial charge in [0.15, 0.2) is 0 Å². The number of rotatable bonds is 4. The Labute approximate surface area is 86.0 Å². The van der Waals surface area contributed by atoms with Crippen LogP contribution < -0.4 is 0 Å². The van der Waals surface area contributed by atoms with Crippen molar-refractivity contribution in [3.63, 3.8) is 0 Å².